The average molecular weight is 537 g/mol. The SMILES string of the molecule is Cn1ncc2c(-c3nc(O)c4c(n3)NC(=O)C4(C)c3ccc(F)cc3)nc(CCC(F)(F)C(F)(F)F)nc21. The number of amides is 1. The maximum atomic E-state index is 13.5. The van der Waals surface area contributed by atoms with Crippen LogP contribution in [0.3, 0.4) is 0 Å². The Bertz CT molecular complexity index is 1590. The molecule has 198 valence electrons. The van der Waals surface area contributed by atoms with E-state index in [0.717, 1.165) is 12.1 Å². The minimum atomic E-state index is -5.74. The lowest BCUT2D eigenvalue weighted by atomic mass is 9.78. The Morgan fingerprint density at radius 1 is 1.05 bits per heavy atom. The molecule has 15 heteroatoms. The van der Waals surface area contributed by atoms with Gasteiger partial charge in [0.15, 0.2) is 11.5 Å². The number of aryl methyl sites for hydroxylation is 2. The van der Waals surface area contributed by atoms with E-state index in [-0.39, 0.29) is 39.8 Å². The van der Waals surface area contributed by atoms with Crippen LogP contribution in [-0.2, 0) is 23.7 Å². The molecule has 0 spiro atoms. The van der Waals surface area contributed by atoms with Gasteiger partial charge in [-0.1, -0.05) is 12.1 Å². The molecule has 3 aromatic heterocycles. The molecule has 0 aliphatic carbocycles. The zero-order valence-electron chi connectivity index (χ0n) is 19.6. The van der Waals surface area contributed by atoms with Crippen LogP contribution < -0.4 is 5.32 Å². The van der Waals surface area contributed by atoms with Gasteiger partial charge in [0.1, 0.15) is 28.6 Å². The van der Waals surface area contributed by atoms with Crippen molar-refractivity contribution in [2.45, 2.75) is 37.3 Å². The van der Waals surface area contributed by atoms with Gasteiger partial charge in [-0.05, 0) is 24.6 Å². The quantitative estimate of drug-likeness (QED) is 0.369. The first-order valence-electron chi connectivity index (χ1n) is 11.0. The van der Waals surface area contributed by atoms with E-state index in [1.54, 1.807) is 0 Å². The van der Waals surface area contributed by atoms with Crippen LogP contribution in [0, 0.1) is 5.82 Å². The second kappa shape index (κ2) is 8.36. The molecule has 0 fully saturated rings. The number of nitrogens with zero attached hydrogens (tertiary/aromatic N) is 6. The summed E-state index contributed by atoms with van der Waals surface area (Å²) in [7, 11) is 1.47. The molecule has 1 aliphatic rings. The van der Waals surface area contributed by atoms with Crippen molar-refractivity contribution < 1.29 is 36.2 Å². The van der Waals surface area contributed by atoms with Gasteiger partial charge in [-0.2, -0.15) is 32.0 Å². The fourth-order valence-corrected chi connectivity index (χ4v) is 4.27. The Hall–Kier alpha value is -4.30. The lowest BCUT2D eigenvalue weighted by Gasteiger charge is -2.22. The van der Waals surface area contributed by atoms with E-state index in [4.69, 9.17) is 0 Å². The van der Waals surface area contributed by atoms with Crippen molar-refractivity contribution in [1.82, 2.24) is 29.7 Å². The maximum absolute atomic E-state index is 13.5. The number of rotatable bonds is 5. The fourth-order valence-electron chi connectivity index (χ4n) is 4.27. The fraction of sp³-hybridized carbons (Fsp3) is 0.304. The van der Waals surface area contributed by atoms with E-state index >= 15 is 0 Å². The summed E-state index contributed by atoms with van der Waals surface area (Å²) in [4.78, 5) is 29.5. The molecule has 0 bridgehead atoms. The summed E-state index contributed by atoms with van der Waals surface area (Å²) in [5.74, 6) is -7.38. The number of alkyl halides is 5. The normalized spacial score (nSPS) is 17.6. The van der Waals surface area contributed by atoms with E-state index in [9.17, 15) is 36.2 Å². The highest BCUT2D eigenvalue weighted by Gasteiger charge is 2.56. The second-order valence-electron chi connectivity index (χ2n) is 8.88. The van der Waals surface area contributed by atoms with Crippen molar-refractivity contribution in [1.29, 1.82) is 0 Å². The molecule has 4 heterocycles. The monoisotopic (exact) mass is 537 g/mol. The number of halogens is 6. The predicted molar refractivity (Wildman–Crippen MR) is 120 cm³/mol. The predicted octanol–water partition coefficient (Wildman–Crippen LogP) is 4.05. The smallest absolute Gasteiger partial charge is 0.453 e. The van der Waals surface area contributed by atoms with Crippen molar-refractivity contribution in [2.24, 2.45) is 7.05 Å². The number of benzene rings is 1. The zero-order chi connectivity index (χ0) is 27.6. The molecule has 1 aromatic carbocycles. The third kappa shape index (κ3) is 3.88. The van der Waals surface area contributed by atoms with Crippen molar-refractivity contribution in [2.75, 3.05) is 5.32 Å². The van der Waals surface area contributed by atoms with Crippen LogP contribution in [0.2, 0.25) is 0 Å². The summed E-state index contributed by atoms with van der Waals surface area (Å²) in [6.07, 6.45) is -6.86. The highest BCUT2D eigenvalue weighted by molar-refractivity contribution is 6.08. The summed E-state index contributed by atoms with van der Waals surface area (Å²) in [5, 5.41) is 17.7. The van der Waals surface area contributed by atoms with Crippen molar-refractivity contribution in [3.05, 3.63) is 53.2 Å². The molecule has 5 rings (SSSR count). The van der Waals surface area contributed by atoms with Gasteiger partial charge in [0.2, 0.25) is 11.8 Å². The molecule has 2 N–H and O–H groups in total. The minimum Gasteiger partial charge on any atom is -0.493 e. The lowest BCUT2D eigenvalue weighted by Crippen LogP contribution is -2.36. The van der Waals surface area contributed by atoms with Gasteiger partial charge in [0.05, 0.1) is 17.1 Å². The molecule has 1 aliphatic heterocycles. The third-order valence-electron chi connectivity index (χ3n) is 6.43. The Morgan fingerprint density at radius 3 is 2.39 bits per heavy atom. The summed E-state index contributed by atoms with van der Waals surface area (Å²) in [5.41, 5.74) is -1.11. The van der Waals surface area contributed by atoms with Gasteiger partial charge < -0.3 is 10.4 Å². The van der Waals surface area contributed by atoms with Gasteiger partial charge in [-0.15, -0.1) is 0 Å². The molecule has 4 aromatic rings. The van der Waals surface area contributed by atoms with Crippen LogP contribution in [0.5, 0.6) is 5.88 Å². The zero-order valence-corrected chi connectivity index (χ0v) is 19.6. The summed E-state index contributed by atoms with van der Waals surface area (Å²) < 4.78 is 79.7. The number of nitrogens with one attached hydrogen (secondary N) is 1. The van der Waals surface area contributed by atoms with Crippen LogP contribution in [0.4, 0.5) is 32.2 Å². The average Bonchev–Trinajstić information content (AvgIpc) is 3.34. The molecule has 0 radical (unpaired) electrons. The number of carbonyl (C=O) groups is 1. The molecular weight excluding hydrogens is 520 g/mol. The molecule has 38 heavy (non-hydrogen) atoms. The van der Waals surface area contributed by atoms with Crippen molar-refractivity contribution in [3.8, 4) is 17.4 Å². The Labute approximate surface area is 209 Å². The molecule has 1 unspecified atom stereocenters. The number of anilines is 1. The maximum Gasteiger partial charge on any atom is 0.453 e. The van der Waals surface area contributed by atoms with Gasteiger partial charge in [0.25, 0.3) is 0 Å². The van der Waals surface area contributed by atoms with Gasteiger partial charge in [0, 0.05) is 19.9 Å². The summed E-state index contributed by atoms with van der Waals surface area (Å²) >= 11 is 0. The Kier molecular flexibility index (Phi) is 5.58. The van der Waals surface area contributed by atoms with Crippen LogP contribution in [0.15, 0.2) is 30.5 Å². The third-order valence-corrected chi connectivity index (χ3v) is 6.43. The van der Waals surface area contributed by atoms with Gasteiger partial charge in [-0.25, -0.2) is 19.3 Å². The Balaban J connectivity index is 1.61. The van der Waals surface area contributed by atoms with E-state index in [1.807, 2.05) is 0 Å². The van der Waals surface area contributed by atoms with Crippen LogP contribution in [0.1, 0.15) is 30.3 Å². The number of carbonyl (C=O) groups excluding carboxylic acids is 1. The number of aromatic nitrogens is 6. The lowest BCUT2D eigenvalue weighted by molar-refractivity contribution is -0.284. The molecule has 1 amide bonds. The molecule has 0 saturated carbocycles. The molecule has 9 nitrogen and oxygen atoms in total. The standard InChI is InChI=1S/C23H17F6N7O2/c1-21(10-3-5-11(24)6-4-10)14-16(35-20(21)38)33-17(34-19(14)37)15-12-9-30-36(2)18(12)32-13(31-15)7-8-22(25,26)23(27,28)29/h3-6,9H,7-8H2,1-2H3,(H2,33,34,35,37,38). The topological polar surface area (TPSA) is 119 Å². The first-order chi connectivity index (χ1) is 17.7. The molecular formula is C23H17F6N7O2. The summed E-state index contributed by atoms with van der Waals surface area (Å²) in [6.45, 7) is 1.49. The van der Waals surface area contributed by atoms with E-state index in [2.05, 4.69) is 30.4 Å². The van der Waals surface area contributed by atoms with Crippen LogP contribution >= 0.6 is 0 Å². The molecule has 0 saturated heterocycles. The molecule has 1 atom stereocenters. The van der Waals surface area contributed by atoms with E-state index in [1.165, 1.54) is 37.0 Å². The highest BCUT2D eigenvalue weighted by atomic mass is 19.4. The number of hydrogen-bond donors (Lipinski definition) is 2. The van der Waals surface area contributed by atoms with Gasteiger partial charge in [-0.3, -0.25) is 9.48 Å². The Morgan fingerprint density at radius 2 is 1.74 bits per heavy atom. The summed E-state index contributed by atoms with van der Waals surface area (Å²) in [6, 6.07) is 5.07. The van der Waals surface area contributed by atoms with E-state index in [0.29, 0.717) is 5.56 Å². The second-order valence-corrected chi connectivity index (χ2v) is 8.88. The number of fused-ring (bicyclic) bond motifs is 2. The first kappa shape index (κ1) is 25.4. The van der Waals surface area contributed by atoms with Crippen molar-refractivity contribution in [3.63, 3.8) is 0 Å². The largest absolute Gasteiger partial charge is 0.493 e. The first-order valence-corrected chi connectivity index (χ1v) is 11.0. The van der Waals surface area contributed by atoms with Crippen LogP contribution in [0.25, 0.3) is 22.6 Å². The van der Waals surface area contributed by atoms with Crippen molar-refractivity contribution >= 4 is 22.8 Å². The number of aromatic hydroxyl groups is 1. The highest BCUT2D eigenvalue weighted by Crippen LogP contribution is 2.46. The minimum absolute atomic E-state index is 0.0133. The van der Waals surface area contributed by atoms with Gasteiger partial charge >= 0.3 is 12.1 Å². The van der Waals surface area contributed by atoms with Crippen LogP contribution in [-0.4, -0.2) is 52.8 Å². The van der Waals surface area contributed by atoms with E-state index < -0.39 is 48.0 Å². The number of hydrogen-bond acceptors (Lipinski definition) is 7.